The second-order valence-corrected chi connectivity index (χ2v) is 3.91. The molecule has 4 heteroatoms. The van der Waals surface area contributed by atoms with E-state index in [0.29, 0.717) is 17.8 Å². The van der Waals surface area contributed by atoms with Crippen LogP contribution in [0.1, 0.15) is 24.2 Å². The number of hydrogen-bond donors (Lipinski definition) is 2. The Morgan fingerprint density at radius 3 is 2.65 bits per heavy atom. The molecule has 0 aliphatic rings. The normalized spacial score (nSPS) is 10.5. The molecule has 0 saturated heterocycles. The zero-order chi connectivity index (χ0) is 12.7. The van der Waals surface area contributed by atoms with Gasteiger partial charge < -0.3 is 16.0 Å². The van der Waals surface area contributed by atoms with Crippen molar-refractivity contribution in [2.75, 3.05) is 31.9 Å². The summed E-state index contributed by atoms with van der Waals surface area (Å²) in [6, 6.07) is 7.01. The molecule has 0 fully saturated rings. The van der Waals surface area contributed by atoms with E-state index in [-0.39, 0.29) is 5.91 Å². The minimum Gasteiger partial charge on any atom is -0.399 e. The molecule has 1 aromatic rings. The summed E-state index contributed by atoms with van der Waals surface area (Å²) in [6.07, 6.45) is 0. The van der Waals surface area contributed by atoms with Gasteiger partial charge in [0.2, 0.25) is 0 Å². The smallest absolute Gasteiger partial charge is 0.251 e. The largest absolute Gasteiger partial charge is 0.399 e. The molecule has 0 unspecified atom stereocenters. The maximum absolute atomic E-state index is 11.8. The summed E-state index contributed by atoms with van der Waals surface area (Å²) < 4.78 is 0. The number of carbonyl (C=O) groups is 1. The summed E-state index contributed by atoms with van der Waals surface area (Å²) in [5, 5.41) is 2.89. The highest BCUT2D eigenvalue weighted by Gasteiger charge is 2.05. The molecule has 0 heterocycles. The van der Waals surface area contributed by atoms with Gasteiger partial charge in [-0.05, 0) is 31.3 Å². The van der Waals surface area contributed by atoms with Crippen molar-refractivity contribution in [1.29, 1.82) is 0 Å². The minimum atomic E-state index is -0.0653. The molecule has 1 rings (SSSR count). The van der Waals surface area contributed by atoms with Gasteiger partial charge in [0.1, 0.15) is 0 Å². The standard InChI is InChI=1S/C13H21N3O/c1-3-16(4-2)9-8-15-13(17)11-6-5-7-12(14)10-11/h5-7,10H,3-4,8-9,14H2,1-2H3,(H,15,17). The molecule has 1 aromatic carbocycles. The summed E-state index contributed by atoms with van der Waals surface area (Å²) in [5.74, 6) is -0.0653. The number of hydrogen-bond acceptors (Lipinski definition) is 3. The lowest BCUT2D eigenvalue weighted by atomic mass is 10.2. The van der Waals surface area contributed by atoms with Gasteiger partial charge in [0, 0.05) is 24.3 Å². The van der Waals surface area contributed by atoms with Crippen molar-refractivity contribution < 1.29 is 4.79 Å². The molecule has 94 valence electrons. The molecule has 0 aromatic heterocycles. The van der Waals surface area contributed by atoms with E-state index < -0.39 is 0 Å². The number of anilines is 1. The SMILES string of the molecule is CCN(CC)CCNC(=O)c1cccc(N)c1. The summed E-state index contributed by atoms with van der Waals surface area (Å²) in [6.45, 7) is 7.78. The average Bonchev–Trinajstić information content (AvgIpc) is 2.34. The Hall–Kier alpha value is -1.55. The second-order valence-electron chi connectivity index (χ2n) is 3.91. The van der Waals surface area contributed by atoms with Crippen LogP contribution in [0.4, 0.5) is 5.69 Å². The van der Waals surface area contributed by atoms with E-state index >= 15 is 0 Å². The predicted molar refractivity (Wildman–Crippen MR) is 71.0 cm³/mol. The van der Waals surface area contributed by atoms with Crippen molar-refractivity contribution in [2.45, 2.75) is 13.8 Å². The number of amides is 1. The van der Waals surface area contributed by atoms with Crippen LogP contribution in [0.2, 0.25) is 0 Å². The maximum Gasteiger partial charge on any atom is 0.251 e. The third kappa shape index (κ3) is 4.44. The monoisotopic (exact) mass is 235 g/mol. The van der Waals surface area contributed by atoms with Gasteiger partial charge in [-0.15, -0.1) is 0 Å². The Bertz CT molecular complexity index is 361. The molecule has 0 atom stereocenters. The van der Waals surface area contributed by atoms with E-state index in [9.17, 15) is 4.79 Å². The van der Waals surface area contributed by atoms with Crippen LogP contribution >= 0.6 is 0 Å². The Morgan fingerprint density at radius 2 is 2.06 bits per heavy atom. The number of benzene rings is 1. The number of nitrogens with one attached hydrogen (secondary N) is 1. The van der Waals surface area contributed by atoms with Crippen molar-refractivity contribution in [1.82, 2.24) is 10.2 Å². The van der Waals surface area contributed by atoms with E-state index in [1.807, 2.05) is 0 Å². The lowest BCUT2D eigenvalue weighted by molar-refractivity contribution is 0.0949. The fraction of sp³-hybridized carbons (Fsp3) is 0.462. The number of likely N-dealkylation sites (N-methyl/N-ethyl adjacent to an activating group) is 1. The molecule has 0 bridgehead atoms. The van der Waals surface area contributed by atoms with Gasteiger partial charge in [-0.3, -0.25) is 4.79 Å². The molecule has 17 heavy (non-hydrogen) atoms. The first-order chi connectivity index (χ1) is 8.17. The van der Waals surface area contributed by atoms with E-state index in [2.05, 4.69) is 24.1 Å². The Kier molecular flexibility index (Phi) is 5.49. The van der Waals surface area contributed by atoms with Crippen LogP contribution in [0.5, 0.6) is 0 Å². The molecule has 0 aliphatic heterocycles. The molecular weight excluding hydrogens is 214 g/mol. The van der Waals surface area contributed by atoms with Gasteiger partial charge in [-0.1, -0.05) is 19.9 Å². The lowest BCUT2D eigenvalue weighted by Crippen LogP contribution is -2.34. The summed E-state index contributed by atoms with van der Waals surface area (Å²) >= 11 is 0. The fourth-order valence-electron chi connectivity index (χ4n) is 1.65. The van der Waals surface area contributed by atoms with E-state index in [1.54, 1.807) is 24.3 Å². The molecule has 0 spiro atoms. The summed E-state index contributed by atoms with van der Waals surface area (Å²) in [4.78, 5) is 14.0. The molecule has 0 radical (unpaired) electrons. The van der Waals surface area contributed by atoms with E-state index in [0.717, 1.165) is 19.6 Å². The molecule has 4 nitrogen and oxygen atoms in total. The number of nitrogen functional groups attached to an aromatic ring is 1. The van der Waals surface area contributed by atoms with Crippen LogP contribution in [0.3, 0.4) is 0 Å². The van der Waals surface area contributed by atoms with Gasteiger partial charge >= 0.3 is 0 Å². The predicted octanol–water partition coefficient (Wildman–Crippen LogP) is 1.34. The fourth-order valence-corrected chi connectivity index (χ4v) is 1.65. The van der Waals surface area contributed by atoms with Crippen molar-refractivity contribution >= 4 is 11.6 Å². The Morgan fingerprint density at radius 1 is 1.35 bits per heavy atom. The molecule has 0 aliphatic carbocycles. The zero-order valence-electron chi connectivity index (χ0n) is 10.6. The highest BCUT2D eigenvalue weighted by molar-refractivity contribution is 5.94. The minimum absolute atomic E-state index is 0.0653. The highest BCUT2D eigenvalue weighted by Crippen LogP contribution is 2.05. The van der Waals surface area contributed by atoms with Crippen molar-refractivity contribution in [3.63, 3.8) is 0 Å². The topological polar surface area (TPSA) is 58.4 Å². The molecule has 1 amide bonds. The number of nitrogens with two attached hydrogens (primary N) is 1. The van der Waals surface area contributed by atoms with Gasteiger partial charge in [0.25, 0.3) is 5.91 Å². The van der Waals surface area contributed by atoms with Crippen LogP contribution < -0.4 is 11.1 Å². The van der Waals surface area contributed by atoms with Crippen molar-refractivity contribution in [3.05, 3.63) is 29.8 Å². The van der Waals surface area contributed by atoms with Crippen LogP contribution in [-0.2, 0) is 0 Å². The van der Waals surface area contributed by atoms with E-state index in [1.165, 1.54) is 0 Å². The van der Waals surface area contributed by atoms with Crippen LogP contribution in [-0.4, -0.2) is 37.0 Å². The van der Waals surface area contributed by atoms with Crippen LogP contribution in [0.15, 0.2) is 24.3 Å². The first-order valence-electron chi connectivity index (χ1n) is 6.03. The van der Waals surface area contributed by atoms with Crippen LogP contribution in [0.25, 0.3) is 0 Å². The highest BCUT2D eigenvalue weighted by atomic mass is 16.1. The average molecular weight is 235 g/mol. The van der Waals surface area contributed by atoms with Gasteiger partial charge in [0.15, 0.2) is 0 Å². The molecular formula is C13H21N3O. The number of nitrogens with zero attached hydrogens (tertiary/aromatic N) is 1. The van der Waals surface area contributed by atoms with Crippen molar-refractivity contribution in [3.8, 4) is 0 Å². The van der Waals surface area contributed by atoms with Gasteiger partial charge in [-0.2, -0.15) is 0 Å². The quantitative estimate of drug-likeness (QED) is 0.732. The Balaban J connectivity index is 2.40. The molecule has 3 N–H and O–H groups in total. The summed E-state index contributed by atoms with van der Waals surface area (Å²) in [5.41, 5.74) is 6.86. The zero-order valence-corrected chi connectivity index (χ0v) is 10.6. The first-order valence-corrected chi connectivity index (χ1v) is 6.03. The third-order valence-corrected chi connectivity index (χ3v) is 2.76. The van der Waals surface area contributed by atoms with Crippen LogP contribution in [0, 0.1) is 0 Å². The molecule has 0 saturated carbocycles. The number of carbonyl (C=O) groups excluding carboxylic acids is 1. The first kappa shape index (κ1) is 13.5. The lowest BCUT2D eigenvalue weighted by Gasteiger charge is -2.17. The second kappa shape index (κ2) is 6.91. The maximum atomic E-state index is 11.8. The third-order valence-electron chi connectivity index (χ3n) is 2.76. The summed E-state index contributed by atoms with van der Waals surface area (Å²) in [7, 11) is 0. The number of rotatable bonds is 6. The van der Waals surface area contributed by atoms with Gasteiger partial charge in [0.05, 0.1) is 0 Å². The van der Waals surface area contributed by atoms with E-state index in [4.69, 9.17) is 5.73 Å². The van der Waals surface area contributed by atoms with Crippen molar-refractivity contribution in [2.24, 2.45) is 0 Å². The Labute approximate surface area is 103 Å². The van der Waals surface area contributed by atoms with Gasteiger partial charge in [-0.25, -0.2) is 0 Å².